The SMILES string of the molecule is COC(C1CCC(CC(=O)O)CC1)C(F)(F)F. The molecule has 1 saturated carbocycles. The molecule has 3 nitrogen and oxygen atoms in total. The highest BCUT2D eigenvalue weighted by molar-refractivity contribution is 5.67. The van der Waals surface area contributed by atoms with Crippen LogP contribution in [0.2, 0.25) is 0 Å². The van der Waals surface area contributed by atoms with E-state index < -0.39 is 24.2 Å². The Balaban J connectivity index is 2.48. The number of hydrogen-bond acceptors (Lipinski definition) is 2. The predicted octanol–water partition coefficient (Wildman–Crippen LogP) is 2.84. The van der Waals surface area contributed by atoms with Gasteiger partial charge in [-0.05, 0) is 37.5 Å². The zero-order valence-corrected chi connectivity index (χ0v) is 9.67. The van der Waals surface area contributed by atoms with Gasteiger partial charge in [0.25, 0.3) is 0 Å². The lowest BCUT2D eigenvalue weighted by atomic mass is 9.78. The van der Waals surface area contributed by atoms with E-state index in [1.165, 1.54) is 0 Å². The van der Waals surface area contributed by atoms with E-state index in [1.54, 1.807) is 0 Å². The fourth-order valence-corrected chi connectivity index (χ4v) is 2.54. The van der Waals surface area contributed by atoms with Crippen LogP contribution in [-0.4, -0.2) is 30.5 Å². The van der Waals surface area contributed by atoms with Gasteiger partial charge in [-0.1, -0.05) is 0 Å². The van der Waals surface area contributed by atoms with Crippen molar-refractivity contribution in [1.82, 2.24) is 0 Å². The summed E-state index contributed by atoms with van der Waals surface area (Å²) in [5.41, 5.74) is 0. The van der Waals surface area contributed by atoms with E-state index in [2.05, 4.69) is 4.74 Å². The van der Waals surface area contributed by atoms with Crippen molar-refractivity contribution in [1.29, 1.82) is 0 Å². The molecule has 0 aromatic rings. The van der Waals surface area contributed by atoms with Gasteiger partial charge in [-0.3, -0.25) is 4.79 Å². The third kappa shape index (κ3) is 4.18. The zero-order valence-electron chi connectivity index (χ0n) is 9.67. The maximum atomic E-state index is 12.6. The van der Waals surface area contributed by atoms with Crippen molar-refractivity contribution in [3.05, 3.63) is 0 Å². The molecule has 0 radical (unpaired) electrons. The number of hydrogen-bond donors (Lipinski definition) is 1. The van der Waals surface area contributed by atoms with Crippen molar-refractivity contribution < 1.29 is 27.8 Å². The number of ether oxygens (including phenoxy) is 1. The van der Waals surface area contributed by atoms with Crippen LogP contribution in [0.5, 0.6) is 0 Å². The van der Waals surface area contributed by atoms with Gasteiger partial charge in [0.05, 0.1) is 0 Å². The standard InChI is InChI=1S/C11H17F3O3/c1-17-10(11(12,13)14)8-4-2-7(3-5-8)6-9(15)16/h7-8,10H,2-6H2,1H3,(H,15,16). The Morgan fingerprint density at radius 1 is 1.35 bits per heavy atom. The van der Waals surface area contributed by atoms with Crippen LogP contribution in [0.3, 0.4) is 0 Å². The number of halogens is 3. The first-order valence-corrected chi connectivity index (χ1v) is 5.66. The van der Waals surface area contributed by atoms with E-state index >= 15 is 0 Å². The number of carbonyl (C=O) groups is 1. The Bertz CT molecular complexity index is 257. The molecule has 0 spiro atoms. The maximum Gasteiger partial charge on any atom is 0.414 e. The van der Waals surface area contributed by atoms with Crippen LogP contribution >= 0.6 is 0 Å². The molecule has 1 fully saturated rings. The van der Waals surface area contributed by atoms with E-state index in [-0.39, 0.29) is 12.3 Å². The van der Waals surface area contributed by atoms with E-state index in [4.69, 9.17) is 5.11 Å². The molecule has 1 rings (SSSR count). The summed E-state index contributed by atoms with van der Waals surface area (Å²) in [6, 6.07) is 0. The molecule has 0 heterocycles. The number of carboxylic acid groups (broad SMARTS) is 1. The predicted molar refractivity (Wildman–Crippen MR) is 54.6 cm³/mol. The maximum absolute atomic E-state index is 12.6. The molecular weight excluding hydrogens is 237 g/mol. The summed E-state index contributed by atoms with van der Waals surface area (Å²) in [6.07, 6.45) is -4.16. The summed E-state index contributed by atoms with van der Waals surface area (Å²) in [4.78, 5) is 10.5. The summed E-state index contributed by atoms with van der Waals surface area (Å²) < 4.78 is 42.3. The van der Waals surface area contributed by atoms with Crippen molar-refractivity contribution in [3.8, 4) is 0 Å². The van der Waals surface area contributed by atoms with Gasteiger partial charge in [0.2, 0.25) is 0 Å². The lowest BCUT2D eigenvalue weighted by Crippen LogP contribution is -2.39. The van der Waals surface area contributed by atoms with Gasteiger partial charge < -0.3 is 9.84 Å². The molecule has 0 aliphatic heterocycles. The van der Waals surface area contributed by atoms with Crippen LogP contribution in [0.15, 0.2) is 0 Å². The van der Waals surface area contributed by atoms with Gasteiger partial charge >= 0.3 is 12.1 Å². The van der Waals surface area contributed by atoms with E-state index in [0.29, 0.717) is 25.7 Å². The minimum Gasteiger partial charge on any atom is -0.481 e. The van der Waals surface area contributed by atoms with Crippen LogP contribution in [0.25, 0.3) is 0 Å². The Labute approximate surface area is 97.9 Å². The Kier molecular flexibility index (Phi) is 4.80. The third-order valence-electron chi connectivity index (χ3n) is 3.36. The van der Waals surface area contributed by atoms with Crippen molar-refractivity contribution >= 4 is 5.97 Å². The van der Waals surface area contributed by atoms with Crippen LogP contribution in [0.4, 0.5) is 13.2 Å². The molecule has 0 aromatic carbocycles. The second-order valence-corrected chi connectivity index (χ2v) is 4.58. The van der Waals surface area contributed by atoms with Crippen LogP contribution in [0, 0.1) is 11.8 Å². The van der Waals surface area contributed by atoms with E-state index in [9.17, 15) is 18.0 Å². The molecule has 1 aliphatic rings. The van der Waals surface area contributed by atoms with Gasteiger partial charge in [-0.2, -0.15) is 13.2 Å². The summed E-state index contributed by atoms with van der Waals surface area (Å²) >= 11 is 0. The topological polar surface area (TPSA) is 46.5 Å². The fraction of sp³-hybridized carbons (Fsp3) is 0.909. The quantitative estimate of drug-likeness (QED) is 0.839. The molecule has 1 atom stereocenters. The van der Waals surface area contributed by atoms with Crippen LogP contribution in [0.1, 0.15) is 32.1 Å². The molecule has 1 unspecified atom stereocenters. The molecule has 6 heteroatoms. The van der Waals surface area contributed by atoms with Gasteiger partial charge in [0.15, 0.2) is 6.10 Å². The van der Waals surface area contributed by atoms with Crippen LogP contribution < -0.4 is 0 Å². The lowest BCUT2D eigenvalue weighted by Gasteiger charge is -2.33. The molecule has 0 bridgehead atoms. The zero-order chi connectivity index (χ0) is 13.1. The number of methoxy groups -OCH3 is 1. The van der Waals surface area contributed by atoms with Crippen molar-refractivity contribution in [3.63, 3.8) is 0 Å². The summed E-state index contributed by atoms with van der Waals surface area (Å²) in [6.45, 7) is 0. The molecule has 17 heavy (non-hydrogen) atoms. The molecule has 1 N–H and O–H groups in total. The average Bonchev–Trinajstić information content (AvgIpc) is 2.18. The molecule has 1 aliphatic carbocycles. The Morgan fingerprint density at radius 2 is 1.88 bits per heavy atom. The first kappa shape index (κ1) is 14.3. The molecular formula is C11H17F3O3. The molecule has 0 aromatic heterocycles. The Hall–Kier alpha value is -0.780. The Morgan fingerprint density at radius 3 is 2.24 bits per heavy atom. The smallest absolute Gasteiger partial charge is 0.414 e. The highest BCUT2D eigenvalue weighted by Gasteiger charge is 2.45. The van der Waals surface area contributed by atoms with Crippen molar-refractivity contribution in [2.24, 2.45) is 11.8 Å². The largest absolute Gasteiger partial charge is 0.481 e. The lowest BCUT2D eigenvalue weighted by molar-refractivity contribution is -0.231. The van der Waals surface area contributed by atoms with Gasteiger partial charge in [-0.25, -0.2) is 0 Å². The molecule has 0 saturated heterocycles. The minimum absolute atomic E-state index is 0.00879. The number of carboxylic acids is 1. The number of alkyl halides is 3. The highest BCUT2D eigenvalue weighted by Crippen LogP contribution is 2.38. The number of rotatable bonds is 4. The van der Waals surface area contributed by atoms with Gasteiger partial charge in [0, 0.05) is 13.5 Å². The van der Waals surface area contributed by atoms with Crippen molar-refractivity contribution in [2.75, 3.05) is 7.11 Å². The highest BCUT2D eigenvalue weighted by atomic mass is 19.4. The minimum atomic E-state index is -4.33. The van der Waals surface area contributed by atoms with E-state index in [0.717, 1.165) is 7.11 Å². The van der Waals surface area contributed by atoms with E-state index in [1.807, 2.05) is 0 Å². The third-order valence-corrected chi connectivity index (χ3v) is 3.36. The monoisotopic (exact) mass is 254 g/mol. The van der Waals surface area contributed by atoms with Gasteiger partial charge in [0.1, 0.15) is 0 Å². The molecule has 0 amide bonds. The second kappa shape index (κ2) is 5.71. The number of aliphatic carboxylic acids is 1. The first-order chi connectivity index (χ1) is 7.84. The normalized spacial score (nSPS) is 27.8. The average molecular weight is 254 g/mol. The van der Waals surface area contributed by atoms with Gasteiger partial charge in [-0.15, -0.1) is 0 Å². The summed E-state index contributed by atoms with van der Waals surface area (Å²) in [5.74, 6) is -1.41. The van der Waals surface area contributed by atoms with Crippen molar-refractivity contribution in [2.45, 2.75) is 44.4 Å². The first-order valence-electron chi connectivity index (χ1n) is 5.66. The summed E-state index contributed by atoms with van der Waals surface area (Å²) in [7, 11) is 1.07. The fourth-order valence-electron chi connectivity index (χ4n) is 2.54. The van der Waals surface area contributed by atoms with Crippen LogP contribution in [-0.2, 0) is 9.53 Å². The summed E-state index contributed by atoms with van der Waals surface area (Å²) in [5, 5.41) is 8.61. The second-order valence-electron chi connectivity index (χ2n) is 4.58. The molecule has 100 valence electrons.